The van der Waals surface area contributed by atoms with Gasteiger partial charge in [0.2, 0.25) is 0 Å². The zero-order valence-corrected chi connectivity index (χ0v) is 11.5. The first kappa shape index (κ1) is 15.2. The van der Waals surface area contributed by atoms with Crippen molar-refractivity contribution >= 4 is 11.9 Å². The predicted octanol–water partition coefficient (Wildman–Crippen LogP) is 1.18. The highest BCUT2D eigenvalue weighted by Crippen LogP contribution is 2.16. The van der Waals surface area contributed by atoms with Crippen LogP contribution in [0.2, 0.25) is 0 Å². The second-order valence-corrected chi connectivity index (χ2v) is 4.80. The fourth-order valence-electron chi connectivity index (χ4n) is 2.14. The third kappa shape index (κ3) is 3.54. The molecular weight excluding hydrogens is 246 g/mol. The number of carbonyl (C=O) groups is 2. The summed E-state index contributed by atoms with van der Waals surface area (Å²) in [5, 5.41) is 20.7. The summed E-state index contributed by atoms with van der Waals surface area (Å²) in [4.78, 5) is 23.1. The molecule has 0 radical (unpaired) electrons. The first-order chi connectivity index (χ1) is 8.73. The number of aliphatic hydroxyl groups is 1. The minimum atomic E-state index is -1.31. The summed E-state index contributed by atoms with van der Waals surface area (Å²) >= 11 is 0. The van der Waals surface area contributed by atoms with Crippen LogP contribution in [-0.2, 0) is 4.79 Å². The number of aliphatic carboxylic acids is 1. The monoisotopic (exact) mass is 265 g/mol. The highest BCUT2D eigenvalue weighted by molar-refractivity contribution is 5.99. The molecule has 104 valence electrons. The summed E-state index contributed by atoms with van der Waals surface area (Å²) < 4.78 is 0. The number of benzene rings is 1. The Bertz CT molecular complexity index is 485. The molecule has 0 fully saturated rings. The summed E-state index contributed by atoms with van der Waals surface area (Å²) in [6.45, 7) is 6.85. The first-order valence-corrected chi connectivity index (χ1v) is 6.03. The van der Waals surface area contributed by atoms with Crippen LogP contribution in [0.5, 0.6) is 0 Å². The van der Waals surface area contributed by atoms with E-state index in [1.165, 1.54) is 6.92 Å². The zero-order chi connectivity index (χ0) is 14.7. The normalized spacial score (nSPS) is 13.7. The molecule has 1 amide bonds. The van der Waals surface area contributed by atoms with Gasteiger partial charge in [-0.3, -0.25) is 4.79 Å². The Morgan fingerprint density at radius 1 is 1.16 bits per heavy atom. The second kappa shape index (κ2) is 5.84. The molecule has 1 rings (SSSR count). The van der Waals surface area contributed by atoms with Gasteiger partial charge >= 0.3 is 5.97 Å². The summed E-state index contributed by atoms with van der Waals surface area (Å²) in [7, 11) is 0. The standard InChI is InChI=1S/C14H19NO4/c1-7-5-8(2)11(9(3)6-7)13(17)15-12(10(4)16)14(18)19/h5-6,10,12,16H,1-4H3,(H,15,17)(H,18,19). The lowest BCUT2D eigenvalue weighted by atomic mass is 9.98. The van der Waals surface area contributed by atoms with Crippen molar-refractivity contribution in [3.05, 3.63) is 34.4 Å². The predicted molar refractivity (Wildman–Crippen MR) is 71.2 cm³/mol. The topological polar surface area (TPSA) is 86.6 Å². The molecule has 2 atom stereocenters. The molecule has 3 N–H and O–H groups in total. The van der Waals surface area contributed by atoms with Crippen molar-refractivity contribution in [2.75, 3.05) is 0 Å². The lowest BCUT2D eigenvalue weighted by Crippen LogP contribution is -2.47. The number of rotatable bonds is 4. The molecule has 1 aromatic rings. The van der Waals surface area contributed by atoms with Gasteiger partial charge in [-0.25, -0.2) is 4.79 Å². The number of amides is 1. The Balaban J connectivity index is 3.05. The van der Waals surface area contributed by atoms with Gasteiger partial charge in [0.05, 0.1) is 6.10 Å². The van der Waals surface area contributed by atoms with Crippen LogP contribution in [0, 0.1) is 20.8 Å². The number of aliphatic hydroxyl groups excluding tert-OH is 1. The number of carbonyl (C=O) groups excluding carboxylic acids is 1. The molecule has 0 heterocycles. The molecule has 5 heteroatoms. The summed E-state index contributed by atoms with van der Waals surface area (Å²) in [6.07, 6.45) is -1.16. The largest absolute Gasteiger partial charge is 0.480 e. The molecule has 0 aromatic heterocycles. The highest BCUT2D eigenvalue weighted by atomic mass is 16.4. The van der Waals surface area contributed by atoms with Gasteiger partial charge < -0.3 is 15.5 Å². The number of nitrogens with one attached hydrogen (secondary N) is 1. The summed E-state index contributed by atoms with van der Waals surface area (Å²) in [6, 6.07) is 2.41. The molecule has 2 unspecified atom stereocenters. The van der Waals surface area contributed by atoms with Gasteiger partial charge in [-0.1, -0.05) is 17.7 Å². The SMILES string of the molecule is Cc1cc(C)c(C(=O)NC(C(=O)O)C(C)O)c(C)c1. The Hall–Kier alpha value is -1.88. The van der Waals surface area contributed by atoms with Crippen LogP contribution in [-0.4, -0.2) is 34.2 Å². The third-order valence-electron chi connectivity index (χ3n) is 2.94. The molecular formula is C14H19NO4. The van der Waals surface area contributed by atoms with Crippen molar-refractivity contribution in [3.8, 4) is 0 Å². The van der Waals surface area contributed by atoms with E-state index >= 15 is 0 Å². The number of hydrogen-bond acceptors (Lipinski definition) is 3. The molecule has 0 saturated heterocycles. The van der Waals surface area contributed by atoms with Crippen LogP contribution >= 0.6 is 0 Å². The van der Waals surface area contributed by atoms with E-state index in [0.717, 1.165) is 16.7 Å². The number of hydrogen-bond donors (Lipinski definition) is 3. The minimum Gasteiger partial charge on any atom is -0.480 e. The van der Waals surface area contributed by atoms with E-state index in [0.29, 0.717) is 5.56 Å². The van der Waals surface area contributed by atoms with Crippen molar-refractivity contribution < 1.29 is 19.8 Å². The van der Waals surface area contributed by atoms with E-state index in [2.05, 4.69) is 5.32 Å². The molecule has 5 nitrogen and oxygen atoms in total. The van der Waals surface area contributed by atoms with E-state index in [-0.39, 0.29) is 0 Å². The molecule has 0 spiro atoms. The Morgan fingerprint density at radius 2 is 1.63 bits per heavy atom. The van der Waals surface area contributed by atoms with Crippen molar-refractivity contribution in [1.82, 2.24) is 5.32 Å². The molecule has 0 aliphatic heterocycles. The highest BCUT2D eigenvalue weighted by Gasteiger charge is 2.26. The van der Waals surface area contributed by atoms with Crippen molar-refractivity contribution in [3.63, 3.8) is 0 Å². The Kier molecular flexibility index (Phi) is 4.67. The molecule has 0 aliphatic rings. The van der Waals surface area contributed by atoms with E-state index < -0.39 is 24.0 Å². The molecule has 0 bridgehead atoms. The fourth-order valence-corrected chi connectivity index (χ4v) is 2.14. The molecule has 1 aromatic carbocycles. The van der Waals surface area contributed by atoms with E-state index in [1.54, 1.807) is 13.8 Å². The van der Waals surface area contributed by atoms with Gasteiger partial charge in [0.25, 0.3) is 5.91 Å². The van der Waals surface area contributed by atoms with Gasteiger partial charge in [-0.05, 0) is 38.8 Å². The number of aryl methyl sites for hydroxylation is 3. The van der Waals surface area contributed by atoms with Crippen LogP contribution in [0.1, 0.15) is 34.0 Å². The Labute approximate surface area is 112 Å². The van der Waals surface area contributed by atoms with Crippen molar-refractivity contribution in [2.24, 2.45) is 0 Å². The van der Waals surface area contributed by atoms with Gasteiger partial charge in [0.1, 0.15) is 0 Å². The van der Waals surface area contributed by atoms with Crippen molar-refractivity contribution in [2.45, 2.75) is 39.8 Å². The summed E-state index contributed by atoms with van der Waals surface area (Å²) in [5.74, 6) is -1.74. The maximum atomic E-state index is 12.1. The Morgan fingerprint density at radius 3 is 2.00 bits per heavy atom. The molecule has 19 heavy (non-hydrogen) atoms. The van der Waals surface area contributed by atoms with E-state index in [9.17, 15) is 14.7 Å². The van der Waals surface area contributed by atoms with Gasteiger partial charge in [0, 0.05) is 5.56 Å². The van der Waals surface area contributed by atoms with Gasteiger partial charge in [0.15, 0.2) is 6.04 Å². The van der Waals surface area contributed by atoms with Crippen LogP contribution < -0.4 is 5.32 Å². The molecule has 0 saturated carbocycles. The van der Waals surface area contributed by atoms with Gasteiger partial charge in [-0.2, -0.15) is 0 Å². The average molecular weight is 265 g/mol. The maximum Gasteiger partial charge on any atom is 0.328 e. The van der Waals surface area contributed by atoms with Gasteiger partial charge in [-0.15, -0.1) is 0 Å². The third-order valence-corrected chi connectivity index (χ3v) is 2.94. The molecule has 0 aliphatic carbocycles. The quantitative estimate of drug-likeness (QED) is 0.763. The van der Waals surface area contributed by atoms with Crippen LogP contribution in [0.4, 0.5) is 0 Å². The number of carboxylic acid groups (broad SMARTS) is 1. The van der Waals surface area contributed by atoms with Crippen molar-refractivity contribution in [1.29, 1.82) is 0 Å². The van der Waals surface area contributed by atoms with E-state index in [4.69, 9.17) is 5.11 Å². The van der Waals surface area contributed by atoms with E-state index in [1.807, 2.05) is 19.1 Å². The zero-order valence-electron chi connectivity index (χ0n) is 11.5. The maximum absolute atomic E-state index is 12.1. The first-order valence-electron chi connectivity index (χ1n) is 6.03. The van der Waals surface area contributed by atoms with Crippen LogP contribution in [0.25, 0.3) is 0 Å². The smallest absolute Gasteiger partial charge is 0.328 e. The lowest BCUT2D eigenvalue weighted by Gasteiger charge is -2.19. The fraction of sp³-hybridized carbons (Fsp3) is 0.429. The number of carboxylic acids is 1. The average Bonchev–Trinajstić information content (AvgIpc) is 2.23. The van der Waals surface area contributed by atoms with Crippen LogP contribution in [0.3, 0.4) is 0 Å². The lowest BCUT2D eigenvalue weighted by molar-refractivity contribution is -0.141. The minimum absolute atomic E-state index is 0.456. The summed E-state index contributed by atoms with van der Waals surface area (Å²) in [5.41, 5.74) is 3.06. The van der Waals surface area contributed by atoms with Crippen LogP contribution in [0.15, 0.2) is 12.1 Å². The second-order valence-electron chi connectivity index (χ2n) is 4.80.